The third kappa shape index (κ3) is 3.70. The van der Waals surface area contributed by atoms with Gasteiger partial charge in [0, 0.05) is 12.5 Å². The first-order chi connectivity index (χ1) is 5.13. The average molecular weight is 162 g/mol. The lowest BCUT2D eigenvalue weighted by Gasteiger charge is -2.21. The molecule has 0 aromatic rings. The second-order valence-electron chi connectivity index (χ2n) is 3.01. The Bertz CT molecular complexity index is 95.3. The molecule has 0 bridgehead atoms. The van der Waals surface area contributed by atoms with E-state index in [1.807, 2.05) is 6.92 Å². The summed E-state index contributed by atoms with van der Waals surface area (Å²) in [5, 5.41) is 27.2. The van der Waals surface area contributed by atoms with Crippen LogP contribution in [0.2, 0.25) is 0 Å². The monoisotopic (exact) mass is 162 g/mol. The maximum Gasteiger partial charge on any atom is 0.0846 e. The highest BCUT2D eigenvalue weighted by Gasteiger charge is 2.20. The van der Waals surface area contributed by atoms with E-state index in [1.165, 1.54) is 0 Å². The fourth-order valence-corrected chi connectivity index (χ4v) is 0.954. The van der Waals surface area contributed by atoms with Crippen LogP contribution in [0.3, 0.4) is 0 Å². The van der Waals surface area contributed by atoms with Gasteiger partial charge in [-0.15, -0.1) is 0 Å². The molecule has 3 nitrogen and oxygen atoms in total. The van der Waals surface area contributed by atoms with E-state index >= 15 is 0 Å². The fourth-order valence-electron chi connectivity index (χ4n) is 0.954. The third-order valence-corrected chi connectivity index (χ3v) is 1.85. The normalized spacial score (nSPS) is 19.4. The van der Waals surface area contributed by atoms with Gasteiger partial charge >= 0.3 is 0 Å². The van der Waals surface area contributed by atoms with Crippen LogP contribution in [0.1, 0.15) is 26.7 Å². The van der Waals surface area contributed by atoms with Crippen LogP contribution in [0.25, 0.3) is 0 Å². The summed E-state index contributed by atoms with van der Waals surface area (Å²) in [7, 11) is 0. The number of hydrogen-bond acceptors (Lipinski definition) is 3. The molecule has 0 aliphatic carbocycles. The van der Waals surface area contributed by atoms with E-state index < -0.39 is 12.2 Å². The van der Waals surface area contributed by atoms with E-state index in [2.05, 4.69) is 0 Å². The van der Waals surface area contributed by atoms with Crippen LogP contribution in [0.5, 0.6) is 0 Å². The van der Waals surface area contributed by atoms with Crippen molar-refractivity contribution in [2.45, 2.75) is 38.9 Å². The predicted molar refractivity (Wildman–Crippen MR) is 43.2 cm³/mol. The van der Waals surface area contributed by atoms with E-state index in [-0.39, 0.29) is 12.5 Å². The van der Waals surface area contributed by atoms with Crippen molar-refractivity contribution in [3.05, 3.63) is 0 Å². The standard InChI is InChI=1S/C8H18O3/c1-3-4-7(10)8(11)6(2)5-9/h6-11H,3-5H2,1-2H3. The summed E-state index contributed by atoms with van der Waals surface area (Å²) in [6.07, 6.45) is -0.0517. The molecule has 11 heavy (non-hydrogen) atoms. The number of hydrogen-bond donors (Lipinski definition) is 3. The summed E-state index contributed by atoms with van der Waals surface area (Å²) in [5.74, 6) is -0.239. The molecular formula is C8H18O3. The molecular weight excluding hydrogens is 144 g/mol. The zero-order valence-electron chi connectivity index (χ0n) is 7.20. The molecule has 68 valence electrons. The molecule has 3 N–H and O–H groups in total. The largest absolute Gasteiger partial charge is 0.396 e. The Balaban J connectivity index is 3.70. The van der Waals surface area contributed by atoms with Crippen LogP contribution in [0.4, 0.5) is 0 Å². The molecule has 3 heteroatoms. The molecule has 0 heterocycles. The zero-order valence-corrected chi connectivity index (χ0v) is 7.20. The molecule has 3 atom stereocenters. The van der Waals surface area contributed by atoms with Gasteiger partial charge in [0.1, 0.15) is 0 Å². The summed E-state index contributed by atoms with van der Waals surface area (Å²) >= 11 is 0. The number of aliphatic hydroxyl groups excluding tert-OH is 3. The van der Waals surface area contributed by atoms with Gasteiger partial charge in [0.2, 0.25) is 0 Å². The Morgan fingerprint density at radius 3 is 2.18 bits per heavy atom. The molecule has 0 aliphatic rings. The SMILES string of the molecule is CCCC(O)C(O)C(C)CO. The predicted octanol–water partition coefficient (Wildman–Crippen LogP) is 0.137. The van der Waals surface area contributed by atoms with Gasteiger partial charge in [-0.25, -0.2) is 0 Å². The van der Waals surface area contributed by atoms with Crippen LogP contribution >= 0.6 is 0 Å². The van der Waals surface area contributed by atoms with Gasteiger partial charge in [-0.3, -0.25) is 0 Å². The fraction of sp³-hybridized carbons (Fsp3) is 1.00. The van der Waals surface area contributed by atoms with E-state index in [0.717, 1.165) is 6.42 Å². The van der Waals surface area contributed by atoms with Gasteiger partial charge in [-0.1, -0.05) is 20.3 Å². The Hall–Kier alpha value is -0.120. The quantitative estimate of drug-likeness (QED) is 0.539. The molecule has 0 saturated carbocycles. The first-order valence-corrected chi connectivity index (χ1v) is 4.10. The van der Waals surface area contributed by atoms with Crippen LogP contribution in [-0.2, 0) is 0 Å². The first kappa shape index (κ1) is 10.9. The van der Waals surface area contributed by atoms with Gasteiger partial charge < -0.3 is 15.3 Å². The second kappa shape index (κ2) is 5.52. The van der Waals surface area contributed by atoms with Gasteiger partial charge in [0.05, 0.1) is 12.2 Å². The summed E-state index contributed by atoms with van der Waals surface area (Å²) in [4.78, 5) is 0. The van der Waals surface area contributed by atoms with Gasteiger partial charge in [-0.05, 0) is 6.42 Å². The van der Waals surface area contributed by atoms with E-state index in [4.69, 9.17) is 5.11 Å². The number of rotatable bonds is 5. The van der Waals surface area contributed by atoms with Crippen molar-refractivity contribution in [3.8, 4) is 0 Å². The highest BCUT2D eigenvalue weighted by Crippen LogP contribution is 2.10. The van der Waals surface area contributed by atoms with Crippen LogP contribution in [-0.4, -0.2) is 34.1 Å². The minimum Gasteiger partial charge on any atom is -0.396 e. The first-order valence-electron chi connectivity index (χ1n) is 4.10. The molecule has 0 rings (SSSR count). The third-order valence-electron chi connectivity index (χ3n) is 1.85. The van der Waals surface area contributed by atoms with Gasteiger partial charge in [0.25, 0.3) is 0 Å². The van der Waals surface area contributed by atoms with Crippen molar-refractivity contribution >= 4 is 0 Å². The Labute approximate surface area is 67.7 Å². The maximum atomic E-state index is 9.31. The summed E-state index contributed by atoms with van der Waals surface area (Å²) in [5.41, 5.74) is 0. The Morgan fingerprint density at radius 1 is 1.27 bits per heavy atom. The molecule has 0 fully saturated rings. The van der Waals surface area contributed by atoms with Crippen LogP contribution in [0.15, 0.2) is 0 Å². The smallest absolute Gasteiger partial charge is 0.0846 e. The van der Waals surface area contributed by atoms with Crippen LogP contribution < -0.4 is 0 Å². The van der Waals surface area contributed by atoms with Crippen molar-refractivity contribution in [1.29, 1.82) is 0 Å². The minimum atomic E-state index is -0.792. The molecule has 0 saturated heterocycles. The zero-order chi connectivity index (χ0) is 8.85. The molecule has 0 aromatic carbocycles. The van der Waals surface area contributed by atoms with Crippen molar-refractivity contribution in [2.24, 2.45) is 5.92 Å². The Morgan fingerprint density at radius 2 is 1.82 bits per heavy atom. The van der Waals surface area contributed by atoms with Crippen molar-refractivity contribution in [2.75, 3.05) is 6.61 Å². The van der Waals surface area contributed by atoms with Crippen molar-refractivity contribution in [3.63, 3.8) is 0 Å². The highest BCUT2D eigenvalue weighted by molar-refractivity contribution is 4.71. The topological polar surface area (TPSA) is 60.7 Å². The highest BCUT2D eigenvalue weighted by atomic mass is 16.3. The van der Waals surface area contributed by atoms with E-state index in [1.54, 1.807) is 6.92 Å². The lowest BCUT2D eigenvalue weighted by Crippen LogP contribution is -2.33. The van der Waals surface area contributed by atoms with Gasteiger partial charge in [0.15, 0.2) is 0 Å². The average Bonchev–Trinajstić information content (AvgIpc) is 2.02. The summed E-state index contributed by atoms with van der Waals surface area (Å²) in [6, 6.07) is 0. The molecule has 0 aromatic heterocycles. The summed E-state index contributed by atoms with van der Waals surface area (Å²) < 4.78 is 0. The minimum absolute atomic E-state index is 0.0814. The number of aliphatic hydroxyl groups is 3. The maximum absolute atomic E-state index is 9.31. The van der Waals surface area contributed by atoms with Crippen molar-refractivity contribution < 1.29 is 15.3 Å². The van der Waals surface area contributed by atoms with E-state index in [0.29, 0.717) is 6.42 Å². The lowest BCUT2D eigenvalue weighted by molar-refractivity contribution is -0.0302. The van der Waals surface area contributed by atoms with Gasteiger partial charge in [-0.2, -0.15) is 0 Å². The lowest BCUT2D eigenvalue weighted by atomic mass is 9.98. The van der Waals surface area contributed by atoms with Crippen LogP contribution in [0, 0.1) is 5.92 Å². The molecule has 0 amide bonds. The van der Waals surface area contributed by atoms with E-state index in [9.17, 15) is 10.2 Å². The van der Waals surface area contributed by atoms with Crippen molar-refractivity contribution in [1.82, 2.24) is 0 Å². The molecule has 3 unspecified atom stereocenters. The Kier molecular flexibility index (Phi) is 5.46. The molecule has 0 radical (unpaired) electrons. The second-order valence-corrected chi connectivity index (χ2v) is 3.01. The summed E-state index contributed by atoms with van der Waals surface area (Å²) in [6.45, 7) is 3.57. The molecule has 0 spiro atoms. The molecule has 0 aliphatic heterocycles.